The molecule has 0 bridgehead atoms. The van der Waals surface area contributed by atoms with E-state index in [-0.39, 0.29) is 11.2 Å². The van der Waals surface area contributed by atoms with E-state index in [4.69, 9.17) is 0 Å². The van der Waals surface area contributed by atoms with Gasteiger partial charge >= 0.3 is 5.69 Å². The normalized spacial score (nSPS) is 15.2. The van der Waals surface area contributed by atoms with Crippen molar-refractivity contribution in [2.75, 3.05) is 31.1 Å². The Morgan fingerprint density at radius 1 is 1.09 bits per heavy atom. The molecule has 118 valence electrons. The Hall–Kier alpha value is -2.94. The van der Waals surface area contributed by atoms with Crippen molar-refractivity contribution in [1.29, 1.82) is 0 Å². The number of rotatable bonds is 2. The van der Waals surface area contributed by atoms with Crippen molar-refractivity contribution in [2.24, 2.45) is 0 Å². The van der Waals surface area contributed by atoms with E-state index in [1.54, 1.807) is 6.07 Å². The molecule has 0 radical (unpaired) electrons. The lowest BCUT2D eigenvalue weighted by Gasteiger charge is -2.28. The van der Waals surface area contributed by atoms with Crippen LogP contribution in [0.3, 0.4) is 0 Å². The van der Waals surface area contributed by atoms with Crippen LogP contribution in [0.15, 0.2) is 34.2 Å². The predicted molar refractivity (Wildman–Crippen MR) is 85.2 cm³/mol. The summed E-state index contributed by atoms with van der Waals surface area (Å²) in [6, 6.07) is 2.96. The van der Waals surface area contributed by atoms with Crippen molar-refractivity contribution in [3.8, 4) is 5.69 Å². The topological polar surface area (TPSA) is 112 Å². The lowest BCUT2D eigenvalue weighted by Crippen LogP contribution is -2.44. The van der Waals surface area contributed by atoms with Gasteiger partial charge in [0.25, 0.3) is 0 Å². The fourth-order valence-electron chi connectivity index (χ4n) is 2.81. The van der Waals surface area contributed by atoms with E-state index < -0.39 is 0 Å². The summed E-state index contributed by atoms with van der Waals surface area (Å²) in [4.78, 5) is 39.7. The largest absolute Gasteiger partial charge is 0.352 e. The smallest absolute Gasteiger partial charge is 0.332 e. The summed E-state index contributed by atoms with van der Waals surface area (Å²) in [6.07, 6.45) is 2.94. The van der Waals surface area contributed by atoms with Crippen molar-refractivity contribution in [3.05, 3.63) is 45.5 Å². The van der Waals surface area contributed by atoms with Gasteiger partial charge in [-0.2, -0.15) is 0 Å². The van der Waals surface area contributed by atoms with Crippen LogP contribution < -0.4 is 21.5 Å². The number of pyridine rings is 1. The number of aromatic amines is 2. The molecule has 9 nitrogen and oxygen atoms in total. The van der Waals surface area contributed by atoms with Gasteiger partial charge in [0.1, 0.15) is 11.8 Å². The average molecular weight is 313 g/mol. The minimum Gasteiger partial charge on any atom is -0.352 e. The van der Waals surface area contributed by atoms with Gasteiger partial charge < -0.3 is 20.2 Å². The van der Waals surface area contributed by atoms with Gasteiger partial charge in [0.15, 0.2) is 11.5 Å². The van der Waals surface area contributed by atoms with Gasteiger partial charge in [-0.1, -0.05) is 0 Å². The SMILES string of the molecule is O=c1ccc(-n2c(=O)[nH]c3c(N4CCNCC4)ncnc32)c[nH]1. The summed E-state index contributed by atoms with van der Waals surface area (Å²) in [6.45, 7) is 3.38. The molecule has 1 aliphatic heterocycles. The Morgan fingerprint density at radius 3 is 2.65 bits per heavy atom. The van der Waals surface area contributed by atoms with E-state index in [0.717, 1.165) is 32.0 Å². The van der Waals surface area contributed by atoms with E-state index >= 15 is 0 Å². The first-order valence-electron chi connectivity index (χ1n) is 7.34. The van der Waals surface area contributed by atoms with Crippen molar-refractivity contribution in [3.63, 3.8) is 0 Å². The number of anilines is 1. The third kappa shape index (κ3) is 2.30. The molecule has 1 fully saturated rings. The quantitative estimate of drug-likeness (QED) is 0.571. The molecule has 1 aliphatic rings. The highest BCUT2D eigenvalue weighted by atomic mass is 16.1. The number of imidazole rings is 1. The second kappa shape index (κ2) is 5.36. The summed E-state index contributed by atoms with van der Waals surface area (Å²) in [5.41, 5.74) is 1.10. The van der Waals surface area contributed by atoms with Gasteiger partial charge in [-0.05, 0) is 6.07 Å². The van der Waals surface area contributed by atoms with Crippen LogP contribution in [0.1, 0.15) is 0 Å². The third-order valence-corrected chi connectivity index (χ3v) is 3.90. The molecule has 0 amide bonds. The van der Waals surface area contributed by atoms with Gasteiger partial charge in [0, 0.05) is 38.4 Å². The zero-order valence-electron chi connectivity index (χ0n) is 12.2. The Balaban J connectivity index is 1.90. The Kier molecular flexibility index (Phi) is 3.19. The lowest BCUT2D eigenvalue weighted by atomic mass is 10.3. The minimum absolute atomic E-state index is 0.224. The fraction of sp³-hybridized carbons (Fsp3) is 0.286. The number of aromatic nitrogens is 5. The standard InChI is InChI=1S/C14H15N7O2/c22-10-2-1-9(7-16-10)21-13-11(19-14(21)23)12(17-8-18-13)20-5-3-15-4-6-20/h1-2,7-8,15H,3-6H2,(H,16,22)(H,19,23). The van der Waals surface area contributed by atoms with Crippen LogP contribution in [0.2, 0.25) is 0 Å². The van der Waals surface area contributed by atoms with Crippen molar-refractivity contribution in [2.45, 2.75) is 0 Å². The van der Waals surface area contributed by atoms with Crippen LogP contribution in [0.25, 0.3) is 16.9 Å². The Bertz CT molecular complexity index is 945. The first-order chi connectivity index (χ1) is 11.2. The molecule has 0 aromatic carbocycles. The van der Waals surface area contributed by atoms with Gasteiger partial charge in [-0.3, -0.25) is 4.79 Å². The van der Waals surface area contributed by atoms with E-state index in [1.165, 1.54) is 23.2 Å². The van der Waals surface area contributed by atoms with Crippen LogP contribution >= 0.6 is 0 Å². The maximum absolute atomic E-state index is 12.4. The van der Waals surface area contributed by atoms with Crippen molar-refractivity contribution < 1.29 is 0 Å². The van der Waals surface area contributed by atoms with Gasteiger partial charge in [-0.15, -0.1) is 0 Å². The number of piperazine rings is 1. The van der Waals surface area contributed by atoms with E-state index in [2.05, 4.69) is 30.2 Å². The monoisotopic (exact) mass is 313 g/mol. The molecule has 3 aromatic rings. The fourth-order valence-corrected chi connectivity index (χ4v) is 2.81. The summed E-state index contributed by atoms with van der Waals surface area (Å²) in [7, 11) is 0. The predicted octanol–water partition coefficient (Wildman–Crippen LogP) is -0.793. The molecule has 4 rings (SSSR count). The number of nitrogens with zero attached hydrogens (tertiary/aromatic N) is 4. The molecule has 3 aromatic heterocycles. The number of H-pyrrole nitrogens is 2. The first kappa shape index (κ1) is 13.7. The van der Waals surface area contributed by atoms with Gasteiger partial charge in [0.2, 0.25) is 5.56 Å². The van der Waals surface area contributed by atoms with Crippen LogP contribution in [-0.2, 0) is 0 Å². The Morgan fingerprint density at radius 2 is 1.91 bits per heavy atom. The molecule has 1 saturated heterocycles. The molecule has 0 saturated carbocycles. The summed E-state index contributed by atoms with van der Waals surface area (Å²) < 4.78 is 1.43. The van der Waals surface area contributed by atoms with Crippen LogP contribution in [0.5, 0.6) is 0 Å². The molecule has 0 atom stereocenters. The van der Waals surface area contributed by atoms with E-state index in [9.17, 15) is 9.59 Å². The van der Waals surface area contributed by atoms with Gasteiger partial charge in [-0.25, -0.2) is 19.3 Å². The molecule has 9 heteroatoms. The summed E-state index contributed by atoms with van der Waals surface area (Å²) in [5, 5.41) is 3.28. The van der Waals surface area contributed by atoms with E-state index in [1.807, 2.05) is 0 Å². The zero-order valence-corrected chi connectivity index (χ0v) is 12.2. The molecule has 0 aliphatic carbocycles. The molecule has 0 unspecified atom stereocenters. The second-order valence-corrected chi connectivity index (χ2v) is 5.31. The highest BCUT2D eigenvalue weighted by molar-refractivity contribution is 5.84. The first-order valence-corrected chi connectivity index (χ1v) is 7.34. The molecular weight excluding hydrogens is 298 g/mol. The summed E-state index contributed by atoms with van der Waals surface area (Å²) in [5.74, 6) is 0.719. The Labute approximate surface area is 130 Å². The number of hydrogen-bond donors (Lipinski definition) is 3. The zero-order chi connectivity index (χ0) is 15.8. The maximum Gasteiger partial charge on any atom is 0.332 e. The third-order valence-electron chi connectivity index (χ3n) is 3.90. The highest BCUT2D eigenvalue weighted by Crippen LogP contribution is 2.21. The van der Waals surface area contributed by atoms with Crippen LogP contribution in [0, 0.1) is 0 Å². The van der Waals surface area contributed by atoms with Crippen LogP contribution in [-0.4, -0.2) is 50.7 Å². The van der Waals surface area contributed by atoms with Gasteiger partial charge in [0.05, 0.1) is 5.69 Å². The average Bonchev–Trinajstić information content (AvgIpc) is 2.92. The lowest BCUT2D eigenvalue weighted by molar-refractivity contribution is 0.586. The summed E-state index contributed by atoms with van der Waals surface area (Å²) >= 11 is 0. The molecule has 23 heavy (non-hydrogen) atoms. The minimum atomic E-state index is -0.316. The van der Waals surface area contributed by atoms with Crippen LogP contribution in [0.4, 0.5) is 5.82 Å². The van der Waals surface area contributed by atoms with Crippen molar-refractivity contribution >= 4 is 17.0 Å². The second-order valence-electron chi connectivity index (χ2n) is 5.31. The molecule has 3 N–H and O–H groups in total. The van der Waals surface area contributed by atoms with Crippen molar-refractivity contribution in [1.82, 2.24) is 29.8 Å². The maximum atomic E-state index is 12.4. The molecule has 0 spiro atoms. The number of hydrogen-bond acceptors (Lipinski definition) is 6. The molecular formula is C14H15N7O2. The van der Waals surface area contributed by atoms with E-state index in [0.29, 0.717) is 16.9 Å². The number of fused-ring (bicyclic) bond motifs is 1. The highest BCUT2D eigenvalue weighted by Gasteiger charge is 2.19. The molecule has 4 heterocycles. The number of nitrogens with one attached hydrogen (secondary N) is 3.